The van der Waals surface area contributed by atoms with Crippen LogP contribution in [0.15, 0.2) is 6.07 Å². The van der Waals surface area contributed by atoms with E-state index in [2.05, 4.69) is 5.73 Å². The Morgan fingerprint density at radius 1 is 1.29 bits per heavy atom. The van der Waals surface area contributed by atoms with Crippen molar-refractivity contribution in [3.05, 3.63) is 26.8 Å². The lowest BCUT2D eigenvalue weighted by molar-refractivity contribution is -0.386. The normalized spacial score (nSPS) is 11.0. The SMILES string of the molecule is CC.CC.CN.Nc1c(Cl)cc([N+](=O)[O-])c2c1CCCO2. The van der Waals surface area contributed by atoms with Gasteiger partial charge in [0.15, 0.2) is 0 Å². The van der Waals surface area contributed by atoms with Crippen LogP contribution >= 0.6 is 11.6 Å². The maximum Gasteiger partial charge on any atom is 0.312 e. The van der Waals surface area contributed by atoms with Crippen molar-refractivity contribution >= 4 is 23.0 Å². The van der Waals surface area contributed by atoms with Crippen LogP contribution in [-0.4, -0.2) is 18.6 Å². The lowest BCUT2D eigenvalue weighted by Gasteiger charge is -2.19. The quantitative estimate of drug-likeness (QED) is 0.465. The molecule has 0 saturated carbocycles. The predicted molar refractivity (Wildman–Crippen MR) is 89.1 cm³/mol. The zero-order valence-corrected chi connectivity index (χ0v) is 14.2. The van der Waals surface area contributed by atoms with E-state index in [4.69, 9.17) is 22.1 Å². The van der Waals surface area contributed by atoms with Crippen LogP contribution in [0.2, 0.25) is 5.02 Å². The summed E-state index contributed by atoms with van der Waals surface area (Å²) in [5.74, 6) is 0.271. The van der Waals surface area contributed by atoms with E-state index in [0.717, 1.165) is 6.42 Å². The van der Waals surface area contributed by atoms with E-state index < -0.39 is 4.92 Å². The third-order valence-corrected chi connectivity index (χ3v) is 2.68. The number of hydrogen-bond donors (Lipinski definition) is 2. The second-order valence-corrected chi connectivity index (χ2v) is 3.72. The highest BCUT2D eigenvalue weighted by Gasteiger charge is 2.26. The highest BCUT2D eigenvalue weighted by Crippen LogP contribution is 2.42. The number of nitrogen functional groups attached to an aromatic ring is 1. The first kappa shape index (κ1) is 21.8. The Labute approximate surface area is 131 Å². The van der Waals surface area contributed by atoms with Gasteiger partial charge in [-0.3, -0.25) is 10.1 Å². The van der Waals surface area contributed by atoms with E-state index in [-0.39, 0.29) is 16.5 Å². The summed E-state index contributed by atoms with van der Waals surface area (Å²) >= 11 is 5.81. The van der Waals surface area contributed by atoms with Gasteiger partial charge in [-0.15, -0.1) is 0 Å². The van der Waals surface area contributed by atoms with E-state index >= 15 is 0 Å². The average Bonchev–Trinajstić information content (AvgIpc) is 2.56. The van der Waals surface area contributed by atoms with Gasteiger partial charge < -0.3 is 16.2 Å². The van der Waals surface area contributed by atoms with Crippen molar-refractivity contribution in [2.24, 2.45) is 5.73 Å². The number of rotatable bonds is 1. The number of fused-ring (bicyclic) bond motifs is 1. The number of ether oxygens (including phenoxy) is 1. The maximum atomic E-state index is 10.8. The summed E-state index contributed by atoms with van der Waals surface area (Å²) in [7, 11) is 1.50. The summed E-state index contributed by atoms with van der Waals surface area (Å²) in [6, 6.07) is 1.24. The van der Waals surface area contributed by atoms with Crippen molar-refractivity contribution in [3.8, 4) is 5.75 Å². The van der Waals surface area contributed by atoms with E-state index in [1.807, 2.05) is 27.7 Å². The van der Waals surface area contributed by atoms with Crippen molar-refractivity contribution in [1.82, 2.24) is 0 Å². The van der Waals surface area contributed by atoms with Crippen molar-refractivity contribution in [2.75, 3.05) is 19.4 Å². The minimum Gasteiger partial charge on any atom is -0.487 e. The summed E-state index contributed by atoms with van der Waals surface area (Å²) in [5.41, 5.74) is 11.2. The molecular weight excluding hydrogens is 294 g/mol. The molecular formula is C14H26ClN3O3. The molecule has 0 fully saturated rings. The smallest absolute Gasteiger partial charge is 0.312 e. The first-order chi connectivity index (χ1) is 10.1. The van der Waals surface area contributed by atoms with Crippen molar-refractivity contribution in [2.45, 2.75) is 40.5 Å². The topological polar surface area (TPSA) is 104 Å². The van der Waals surface area contributed by atoms with Crippen LogP contribution in [0, 0.1) is 10.1 Å². The van der Waals surface area contributed by atoms with Gasteiger partial charge in [0.25, 0.3) is 0 Å². The minimum absolute atomic E-state index is 0.107. The second-order valence-electron chi connectivity index (χ2n) is 3.31. The van der Waals surface area contributed by atoms with Crippen LogP contribution in [0.4, 0.5) is 11.4 Å². The van der Waals surface area contributed by atoms with Crippen LogP contribution in [0.25, 0.3) is 0 Å². The van der Waals surface area contributed by atoms with Gasteiger partial charge in [-0.05, 0) is 19.9 Å². The van der Waals surface area contributed by atoms with Crippen LogP contribution in [0.3, 0.4) is 0 Å². The Morgan fingerprint density at radius 3 is 2.29 bits per heavy atom. The lowest BCUT2D eigenvalue weighted by atomic mass is 10.0. The number of nitro groups is 1. The zero-order chi connectivity index (χ0) is 17.0. The van der Waals surface area contributed by atoms with Crippen LogP contribution in [0.5, 0.6) is 5.75 Å². The summed E-state index contributed by atoms with van der Waals surface area (Å²) in [5, 5.41) is 11.0. The van der Waals surface area contributed by atoms with Gasteiger partial charge >= 0.3 is 5.69 Å². The molecule has 0 atom stereocenters. The molecule has 0 unspecified atom stereocenters. The Morgan fingerprint density at radius 2 is 1.81 bits per heavy atom. The lowest BCUT2D eigenvalue weighted by Crippen LogP contribution is -2.12. The van der Waals surface area contributed by atoms with Gasteiger partial charge in [0, 0.05) is 11.6 Å². The molecule has 1 aliphatic rings. The monoisotopic (exact) mass is 319 g/mol. The fraction of sp³-hybridized carbons (Fsp3) is 0.571. The Bertz CT molecular complexity index is 440. The van der Waals surface area contributed by atoms with Crippen molar-refractivity contribution in [3.63, 3.8) is 0 Å². The molecule has 6 nitrogen and oxygen atoms in total. The summed E-state index contributed by atoms with van der Waals surface area (Å²) in [4.78, 5) is 10.3. The van der Waals surface area contributed by atoms with E-state index in [0.29, 0.717) is 24.3 Å². The molecule has 2 rings (SSSR count). The molecule has 4 N–H and O–H groups in total. The highest BCUT2D eigenvalue weighted by molar-refractivity contribution is 6.33. The van der Waals surface area contributed by atoms with Crippen LogP contribution in [-0.2, 0) is 6.42 Å². The molecule has 1 heterocycles. The number of nitrogens with two attached hydrogens (primary N) is 2. The van der Waals surface area contributed by atoms with Gasteiger partial charge in [-0.2, -0.15) is 0 Å². The molecule has 0 bridgehead atoms. The largest absolute Gasteiger partial charge is 0.487 e. The first-order valence-electron chi connectivity index (χ1n) is 7.07. The molecule has 21 heavy (non-hydrogen) atoms. The van der Waals surface area contributed by atoms with E-state index in [1.54, 1.807) is 0 Å². The van der Waals surface area contributed by atoms with E-state index in [1.165, 1.54) is 13.1 Å². The van der Waals surface area contributed by atoms with Gasteiger partial charge in [-0.25, -0.2) is 0 Å². The number of nitrogens with zero attached hydrogens (tertiary/aromatic N) is 1. The molecule has 0 amide bonds. The molecule has 0 aromatic heterocycles. The molecule has 0 radical (unpaired) electrons. The molecule has 1 aliphatic heterocycles. The molecule has 7 heteroatoms. The predicted octanol–water partition coefficient (Wildman–Crippen LogP) is 3.78. The number of halogens is 1. The number of nitro benzene ring substituents is 1. The molecule has 122 valence electrons. The Kier molecular flexibility index (Phi) is 12.7. The fourth-order valence-corrected chi connectivity index (χ4v) is 1.87. The Hall–Kier alpha value is -1.53. The maximum absolute atomic E-state index is 10.8. The summed E-state index contributed by atoms with van der Waals surface area (Å²) in [6.07, 6.45) is 1.47. The standard InChI is InChI=1S/C9H9ClN2O3.2C2H6.CH5N/c10-6-4-7(12(13)14)9-5(8(6)11)2-1-3-15-9;3*1-2/h4H,1-3,11H2;2*1-2H3;2H2,1H3. The van der Waals surface area contributed by atoms with Gasteiger partial charge in [0.2, 0.25) is 5.75 Å². The fourth-order valence-electron chi connectivity index (χ4n) is 1.65. The zero-order valence-electron chi connectivity index (χ0n) is 13.4. The number of anilines is 1. The highest BCUT2D eigenvalue weighted by atomic mass is 35.5. The van der Waals surface area contributed by atoms with Crippen LogP contribution in [0.1, 0.15) is 39.7 Å². The van der Waals surface area contributed by atoms with Crippen LogP contribution < -0.4 is 16.2 Å². The van der Waals surface area contributed by atoms with Gasteiger partial charge in [-0.1, -0.05) is 39.3 Å². The van der Waals surface area contributed by atoms with Gasteiger partial charge in [0.1, 0.15) is 0 Å². The van der Waals surface area contributed by atoms with E-state index in [9.17, 15) is 10.1 Å². The number of benzene rings is 1. The van der Waals surface area contributed by atoms with Crippen molar-refractivity contribution in [1.29, 1.82) is 0 Å². The molecule has 0 spiro atoms. The molecule has 0 saturated heterocycles. The third kappa shape index (κ3) is 5.77. The minimum atomic E-state index is -0.504. The number of hydrogen-bond acceptors (Lipinski definition) is 5. The second kappa shape index (κ2) is 12.2. The van der Waals surface area contributed by atoms with Gasteiger partial charge in [0.05, 0.1) is 22.2 Å². The summed E-state index contributed by atoms with van der Waals surface area (Å²) in [6.45, 7) is 8.48. The molecule has 1 aromatic carbocycles. The first-order valence-corrected chi connectivity index (χ1v) is 7.45. The van der Waals surface area contributed by atoms with Crippen molar-refractivity contribution < 1.29 is 9.66 Å². The summed E-state index contributed by atoms with van der Waals surface area (Å²) < 4.78 is 5.27. The average molecular weight is 320 g/mol. The molecule has 1 aromatic rings. The molecule has 0 aliphatic carbocycles. The Balaban J connectivity index is 0. The third-order valence-electron chi connectivity index (χ3n) is 2.37.